The first-order chi connectivity index (χ1) is 16.9. The minimum atomic E-state index is -0.313. The summed E-state index contributed by atoms with van der Waals surface area (Å²) < 4.78 is 0. The summed E-state index contributed by atoms with van der Waals surface area (Å²) in [5, 5.41) is 0.519. The van der Waals surface area contributed by atoms with Crippen molar-refractivity contribution in [2.24, 2.45) is 10.9 Å². The zero-order valence-corrected chi connectivity index (χ0v) is 21.4. The van der Waals surface area contributed by atoms with E-state index in [1.54, 1.807) is 0 Å². The lowest BCUT2D eigenvalue weighted by Gasteiger charge is -2.40. The number of anilines is 1. The van der Waals surface area contributed by atoms with Crippen LogP contribution in [-0.2, 0) is 15.0 Å². The number of aldehydes is 1. The summed E-state index contributed by atoms with van der Waals surface area (Å²) in [5.74, 6) is 1.49. The molecule has 1 saturated carbocycles. The molecule has 2 aliphatic carbocycles. The van der Waals surface area contributed by atoms with Crippen LogP contribution in [0.1, 0.15) is 75.8 Å². The predicted octanol–water partition coefficient (Wildman–Crippen LogP) is 5.48. The lowest BCUT2D eigenvalue weighted by molar-refractivity contribution is -0.115. The van der Waals surface area contributed by atoms with Crippen LogP contribution in [0.25, 0.3) is 0 Å². The summed E-state index contributed by atoms with van der Waals surface area (Å²) in [6.07, 6.45) is 12.6. The van der Waals surface area contributed by atoms with Crippen LogP contribution in [0.4, 0.5) is 5.69 Å². The number of benzene rings is 1. The Labute approximate surface area is 212 Å². The first kappa shape index (κ1) is 23.2. The van der Waals surface area contributed by atoms with Gasteiger partial charge in [0, 0.05) is 17.6 Å². The van der Waals surface area contributed by atoms with Crippen molar-refractivity contribution < 1.29 is 9.59 Å². The van der Waals surface area contributed by atoms with Crippen molar-refractivity contribution >= 4 is 35.3 Å². The first-order valence-electron chi connectivity index (χ1n) is 13.2. The Morgan fingerprint density at radius 2 is 1.83 bits per heavy atom. The summed E-state index contributed by atoms with van der Waals surface area (Å²) in [7, 11) is 0. The number of carbonyl (C=O) groups is 2. The van der Waals surface area contributed by atoms with E-state index in [4.69, 9.17) is 11.6 Å². The number of hydrogen-bond acceptors (Lipinski definition) is 4. The average Bonchev–Trinajstić information content (AvgIpc) is 3.10. The molecule has 0 bridgehead atoms. The number of fused-ring (bicyclic) bond motifs is 5. The molecule has 1 amide bonds. The molecule has 1 aromatic rings. The van der Waals surface area contributed by atoms with Crippen molar-refractivity contribution in [2.45, 2.75) is 82.2 Å². The number of carbonyl (C=O) groups excluding carboxylic acids is 2. The highest BCUT2D eigenvalue weighted by Crippen LogP contribution is 2.49. The number of amides is 1. The number of halogens is 1. The van der Waals surface area contributed by atoms with Crippen molar-refractivity contribution in [3.8, 4) is 0 Å². The van der Waals surface area contributed by atoms with Gasteiger partial charge < -0.3 is 14.6 Å². The van der Waals surface area contributed by atoms with Crippen LogP contribution >= 0.6 is 11.6 Å². The molecule has 1 atom stereocenters. The zero-order valence-electron chi connectivity index (χ0n) is 20.7. The highest BCUT2D eigenvalue weighted by molar-refractivity contribution is 6.35. The largest absolute Gasteiger partial charge is 0.321 e. The van der Waals surface area contributed by atoms with Gasteiger partial charge in [-0.25, -0.2) is 0 Å². The van der Waals surface area contributed by atoms with Gasteiger partial charge in [-0.2, -0.15) is 4.99 Å². The molecular formula is C29H34ClN3O2. The first-order valence-corrected chi connectivity index (χ1v) is 13.6. The minimum Gasteiger partial charge on any atom is -0.321 e. The Hall–Kier alpha value is -2.24. The normalized spacial score (nSPS) is 30.6. The maximum atomic E-state index is 12.9. The van der Waals surface area contributed by atoms with E-state index in [1.165, 1.54) is 29.7 Å². The van der Waals surface area contributed by atoms with Gasteiger partial charge in [0.2, 0.25) is 0 Å². The quantitative estimate of drug-likeness (QED) is 0.525. The summed E-state index contributed by atoms with van der Waals surface area (Å²) in [6.45, 7) is 6.60. The fourth-order valence-corrected chi connectivity index (χ4v) is 7.37. The van der Waals surface area contributed by atoms with Crippen LogP contribution in [0.5, 0.6) is 0 Å². The second kappa shape index (κ2) is 8.70. The number of allylic oxidation sites excluding steroid dienone is 2. The van der Waals surface area contributed by atoms with E-state index in [2.05, 4.69) is 52.9 Å². The number of nitrogens with zero attached hydrogens (tertiary/aromatic N) is 3. The van der Waals surface area contributed by atoms with Gasteiger partial charge in [0.05, 0.1) is 22.1 Å². The van der Waals surface area contributed by atoms with Crippen LogP contribution in [0.3, 0.4) is 0 Å². The molecule has 35 heavy (non-hydrogen) atoms. The molecule has 6 rings (SSSR count). The van der Waals surface area contributed by atoms with Crippen LogP contribution in [0.2, 0.25) is 0 Å². The van der Waals surface area contributed by atoms with Crippen LogP contribution in [0, 0.1) is 5.92 Å². The number of rotatable bonds is 3. The van der Waals surface area contributed by atoms with Gasteiger partial charge in [-0.05, 0) is 101 Å². The average molecular weight is 492 g/mol. The Morgan fingerprint density at radius 1 is 1.09 bits per heavy atom. The number of piperidine rings is 1. The number of hydrogen-bond donors (Lipinski definition) is 0. The number of aliphatic imine (C=N–C) groups is 1. The molecular weight excluding hydrogens is 458 g/mol. The van der Waals surface area contributed by atoms with E-state index >= 15 is 0 Å². The summed E-state index contributed by atoms with van der Waals surface area (Å²) in [5.41, 5.74) is 4.14. The van der Waals surface area contributed by atoms with Gasteiger partial charge in [-0.1, -0.05) is 29.8 Å². The van der Waals surface area contributed by atoms with E-state index in [9.17, 15) is 9.59 Å². The van der Waals surface area contributed by atoms with Crippen molar-refractivity contribution in [2.75, 3.05) is 18.0 Å². The third-order valence-corrected chi connectivity index (χ3v) is 9.49. The fraction of sp³-hybridized carbons (Fsp3) is 0.552. The van der Waals surface area contributed by atoms with E-state index in [0.717, 1.165) is 57.3 Å². The highest BCUT2D eigenvalue weighted by Gasteiger charge is 2.49. The predicted molar refractivity (Wildman–Crippen MR) is 140 cm³/mol. The van der Waals surface area contributed by atoms with Crippen LogP contribution in [0.15, 0.2) is 45.9 Å². The molecule has 1 unspecified atom stereocenters. The molecule has 184 valence electrons. The smallest absolute Gasteiger partial charge is 0.278 e. The summed E-state index contributed by atoms with van der Waals surface area (Å²) in [6, 6.07) is 7.52. The van der Waals surface area contributed by atoms with Gasteiger partial charge in [-0.15, -0.1) is 0 Å². The molecule has 5 aliphatic rings. The molecule has 3 aliphatic heterocycles. The van der Waals surface area contributed by atoms with Gasteiger partial charge in [0.15, 0.2) is 0 Å². The van der Waals surface area contributed by atoms with Gasteiger partial charge >= 0.3 is 0 Å². The second-order valence-corrected chi connectivity index (χ2v) is 11.8. The lowest BCUT2D eigenvalue weighted by atomic mass is 9.82. The SMILES string of the molecule is CC1(C)C2=NC(=O)C3=C(Cl)C=CCC3N2c2cc(C3CCN(C4CCC(C=O)CC4)CC3)ccc21. The van der Waals surface area contributed by atoms with Gasteiger partial charge in [0.1, 0.15) is 12.1 Å². The summed E-state index contributed by atoms with van der Waals surface area (Å²) >= 11 is 6.47. The van der Waals surface area contributed by atoms with Crippen LogP contribution in [-0.4, -0.2) is 48.1 Å². The van der Waals surface area contributed by atoms with Gasteiger partial charge in [-0.3, -0.25) is 4.79 Å². The molecule has 0 spiro atoms. The standard InChI is InChI=1S/C29H34ClN3O2/c1-29(2)22-11-8-20(19-12-14-32(15-13-19)21-9-6-18(17-34)7-10-21)16-25(22)33-24-5-3-4-23(30)26(24)27(35)31-28(29)33/h3-4,8,11,16-19,21,24H,5-7,9-10,12-15H2,1-2H3. The molecule has 1 aromatic carbocycles. The molecule has 3 heterocycles. The van der Waals surface area contributed by atoms with E-state index < -0.39 is 0 Å². The third kappa shape index (κ3) is 3.74. The van der Waals surface area contributed by atoms with E-state index in [-0.39, 0.29) is 23.3 Å². The number of amidine groups is 1. The van der Waals surface area contributed by atoms with Crippen molar-refractivity contribution in [3.63, 3.8) is 0 Å². The molecule has 1 saturated heterocycles. The molecule has 5 nitrogen and oxygen atoms in total. The van der Waals surface area contributed by atoms with Crippen LogP contribution < -0.4 is 4.90 Å². The Kier molecular flexibility index (Phi) is 5.76. The van der Waals surface area contributed by atoms with Gasteiger partial charge in [0.25, 0.3) is 5.91 Å². The monoisotopic (exact) mass is 491 g/mol. The third-order valence-electron chi connectivity index (χ3n) is 9.16. The molecule has 0 radical (unpaired) electrons. The minimum absolute atomic E-state index is 0.0772. The molecule has 0 aromatic heterocycles. The molecule has 0 N–H and O–H groups in total. The second-order valence-electron chi connectivity index (χ2n) is 11.4. The maximum Gasteiger partial charge on any atom is 0.278 e. The van der Waals surface area contributed by atoms with Crippen molar-refractivity contribution in [1.82, 2.24) is 4.90 Å². The Morgan fingerprint density at radius 3 is 2.54 bits per heavy atom. The van der Waals surface area contributed by atoms with Crippen molar-refractivity contribution in [1.29, 1.82) is 0 Å². The zero-order chi connectivity index (χ0) is 24.3. The maximum absolute atomic E-state index is 12.9. The van der Waals surface area contributed by atoms with E-state index in [0.29, 0.717) is 22.6 Å². The Balaban J connectivity index is 1.24. The Bertz CT molecular complexity index is 1150. The van der Waals surface area contributed by atoms with E-state index in [1.807, 2.05) is 6.08 Å². The highest BCUT2D eigenvalue weighted by atomic mass is 35.5. The molecule has 6 heteroatoms. The number of likely N-dealkylation sites (tertiary alicyclic amines) is 1. The topological polar surface area (TPSA) is 53.0 Å². The fourth-order valence-electron chi connectivity index (χ4n) is 7.08. The summed E-state index contributed by atoms with van der Waals surface area (Å²) in [4.78, 5) is 33.6. The molecule has 2 fully saturated rings. The lowest BCUT2D eigenvalue weighted by Crippen LogP contribution is -2.49. The van der Waals surface area contributed by atoms with Crippen molar-refractivity contribution in [3.05, 3.63) is 52.1 Å².